The molecule has 3 atom stereocenters. The maximum atomic E-state index is 13.8. The number of carboxylic acids is 1. The number of fused-ring (bicyclic) bond motifs is 3. The number of benzene rings is 6. The Labute approximate surface area is 592 Å². The molecule has 3 aromatic heterocycles. The number of carboxylic acid groups (broad SMARTS) is 1. The van der Waals surface area contributed by atoms with Crippen molar-refractivity contribution in [2.75, 3.05) is 34.3 Å². The lowest BCUT2D eigenvalue weighted by atomic mass is 10.0. The number of nitrogens with one attached hydrogen (secondary N) is 3. The molecule has 0 bridgehead atoms. The first-order valence-electron chi connectivity index (χ1n) is 31.9. The van der Waals surface area contributed by atoms with Gasteiger partial charge in [-0.25, -0.2) is 23.2 Å². The number of halogens is 13. The van der Waals surface area contributed by atoms with Crippen molar-refractivity contribution in [3.05, 3.63) is 260 Å². The van der Waals surface area contributed by atoms with Gasteiger partial charge in [0, 0.05) is 50.4 Å². The van der Waals surface area contributed by atoms with Crippen LogP contribution in [0.4, 0.5) is 74.5 Å². The largest absolute Gasteiger partial charge is 0.508 e. The third kappa shape index (κ3) is 17.9. The van der Waals surface area contributed by atoms with E-state index < -0.39 is 112 Å². The minimum atomic E-state index is -4.96. The molecule has 6 aromatic carbocycles. The zero-order chi connectivity index (χ0) is 75.5. The molecule has 3 aliphatic heterocycles. The van der Waals surface area contributed by atoms with Crippen LogP contribution in [0.5, 0.6) is 0 Å². The maximum Gasteiger partial charge on any atom is 0.436 e. The van der Waals surface area contributed by atoms with Gasteiger partial charge < -0.3 is 46.0 Å². The first-order chi connectivity index (χ1) is 48.9. The monoisotopic (exact) mass is 1470 g/mol. The Morgan fingerprint density at radius 1 is 0.419 bits per heavy atom. The minimum Gasteiger partial charge on any atom is -0.508 e. The number of alkyl halides is 12. The molecule has 0 saturated carbocycles. The predicted molar refractivity (Wildman–Crippen MR) is 363 cm³/mol. The first kappa shape index (κ1) is 77.6. The molecular weight excluding hydrogens is 1400 g/mol. The summed E-state index contributed by atoms with van der Waals surface area (Å²) in [4.78, 5) is 55.2. The highest BCUT2D eigenvalue weighted by molar-refractivity contribution is 6.02. The van der Waals surface area contributed by atoms with Gasteiger partial charge in [-0.1, -0.05) is 136 Å². The van der Waals surface area contributed by atoms with Crippen LogP contribution < -0.4 is 30.7 Å². The number of amides is 3. The van der Waals surface area contributed by atoms with E-state index in [-0.39, 0.29) is 86.8 Å². The standard InChI is InChI=1S/C24H20F6N4O3.C24H22F4N4O2.C24H23F3N4O2.CH4/c1-13(15-5-7-16(8-6-15)22(36)37)31-20(35)18-19(24(28,29)30)32-34-10-9-33(21(18)34)12-14-3-2-4-17(11-14)23(25,26)27;1-14(17-6-8-18(9-7-17)15(2)33)29-22(34)20-21(24(26,27)28)30-32-11-10-31(23(20)32)13-16-4-3-5-19(25)12-16;1-15(18-8-10-19(11-9-18)16(2)32)28-22(33)20-21(24(25,26)27)29-31-13-12-30(23(20)31)14-17-6-4-3-5-7-17;/h2-8,11,13H,9-10,12H2,1H3,(H,31,35)(H,36,37);3-9,12,14,33H,2,10-11,13H2,1H3,(H,29,34);3-11,15,32H,2,12-14H2,1H3,(H,28,33);1H4/t13-;14-;15-;/m000./s1. The van der Waals surface area contributed by atoms with Gasteiger partial charge in [0.2, 0.25) is 0 Å². The summed E-state index contributed by atoms with van der Waals surface area (Å²) in [5.74, 6) is -4.58. The highest BCUT2D eigenvalue weighted by Crippen LogP contribution is 2.43. The van der Waals surface area contributed by atoms with E-state index in [9.17, 15) is 86.5 Å². The summed E-state index contributed by atoms with van der Waals surface area (Å²) < 4.78 is 181. The van der Waals surface area contributed by atoms with Gasteiger partial charge in [0.1, 0.15) is 51.5 Å². The third-order valence-corrected chi connectivity index (χ3v) is 17.2. The Morgan fingerprint density at radius 3 is 1.05 bits per heavy atom. The van der Waals surface area contributed by atoms with Crippen LogP contribution in [0.1, 0.15) is 155 Å². The van der Waals surface area contributed by atoms with Crippen molar-refractivity contribution in [2.45, 2.75) is 110 Å². The minimum absolute atomic E-state index is 0. The van der Waals surface area contributed by atoms with E-state index in [1.54, 1.807) is 78.2 Å². The van der Waals surface area contributed by atoms with Crippen molar-refractivity contribution in [3.63, 3.8) is 0 Å². The van der Waals surface area contributed by atoms with Crippen LogP contribution in [0.2, 0.25) is 0 Å². The van der Waals surface area contributed by atoms with Crippen LogP contribution in [0, 0.1) is 5.82 Å². The molecule has 0 saturated heterocycles. The molecule has 9 aromatic rings. The fraction of sp³-hybridized carbons (Fsp3) is 0.274. The molecular formula is C73H69F13N12O7. The van der Waals surface area contributed by atoms with Gasteiger partial charge in [0.25, 0.3) is 17.7 Å². The average molecular weight is 1470 g/mol. The molecule has 6 N–H and O–H groups in total. The quantitative estimate of drug-likeness (QED) is 0.0347. The number of aliphatic hydroxyl groups is 2. The van der Waals surface area contributed by atoms with Crippen molar-refractivity contribution in [3.8, 4) is 0 Å². The molecule has 3 amide bonds. The number of hydrogen-bond acceptors (Lipinski definition) is 12. The number of nitrogens with zero attached hydrogens (tertiary/aromatic N) is 9. The van der Waals surface area contributed by atoms with Crippen molar-refractivity contribution in [1.29, 1.82) is 0 Å². The van der Waals surface area contributed by atoms with Crippen LogP contribution in [-0.2, 0) is 64.0 Å². The number of rotatable bonds is 18. The lowest BCUT2D eigenvalue weighted by Gasteiger charge is -2.21. The zero-order valence-corrected chi connectivity index (χ0v) is 55.4. The summed E-state index contributed by atoms with van der Waals surface area (Å²) in [6, 6.07) is 36.1. The lowest BCUT2D eigenvalue weighted by molar-refractivity contribution is -0.142. The highest BCUT2D eigenvalue weighted by Gasteiger charge is 2.47. The van der Waals surface area contributed by atoms with Crippen LogP contribution >= 0.6 is 0 Å². The molecule has 105 heavy (non-hydrogen) atoms. The van der Waals surface area contributed by atoms with Gasteiger partial charge in [0.15, 0.2) is 17.1 Å². The average Bonchev–Trinajstić information content (AvgIpc) is 1.61. The second kappa shape index (κ2) is 31.2. The van der Waals surface area contributed by atoms with Gasteiger partial charge in [0.05, 0.1) is 48.9 Å². The Morgan fingerprint density at radius 2 is 0.733 bits per heavy atom. The van der Waals surface area contributed by atoms with Gasteiger partial charge in [-0.05, 0) is 90.6 Å². The zero-order valence-electron chi connectivity index (χ0n) is 55.4. The Bertz CT molecular complexity index is 4670. The van der Waals surface area contributed by atoms with Gasteiger partial charge in [-0.3, -0.25) is 14.4 Å². The third-order valence-electron chi connectivity index (χ3n) is 17.2. The molecule has 3 aliphatic rings. The number of aromatic carboxylic acids is 1. The van der Waals surface area contributed by atoms with Crippen molar-refractivity contribution >= 4 is 52.7 Å². The van der Waals surface area contributed by atoms with Gasteiger partial charge in [-0.2, -0.15) is 68.0 Å². The van der Waals surface area contributed by atoms with Crippen LogP contribution in [-0.4, -0.2) is 88.0 Å². The van der Waals surface area contributed by atoms with E-state index in [1.807, 2.05) is 30.3 Å². The first-order valence-corrected chi connectivity index (χ1v) is 31.9. The van der Waals surface area contributed by atoms with Crippen molar-refractivity contribution < 1.29 is 91.6 Å². The molecule has 0 spiro atoms. The molecule has 0 unspecified atom stereocenters. The Kier molecular flexibility index (Phi) is 23.0. The normalized spacial score (nSPS) is 14.1. The molecule has 0 aliphatic carbocycles. The lowest BCUT2D eigenvalue weighted by Crippen LogP contribution is -2.31. The number of hydrogen-bond donors (Lipinski definition) is 6. The number of carbonyl (C=O) groups is 4. The summed E-state index contributed by atoms with van der Waals surface area (Å²) in [5.41, 5.74) is -2.05. The molecule has 32 heteroatoms. The second-order valence-corrected chi connectivity index (χ2v) is 24.5. The number of carbonyl (C=O) groups excluding carboxylic acids is 3. The van der Waals surface area contributed by atoms with Crippen molar-refractivity contribution in [1.82, 2.24) is 45.3 Å². The van der Waals surface area contributed by atoms with Gasteiger partial charge >= 0.3 is 30.7 Å². The molecule has 6 heterocycles. The van der Waals surface area contributed by atoms with Gasteiger partial charge in [-0.15, -0.1) is 0 Å². The summed E-state index contributed by atoms with van der Waals surface area (Å²) in [5, 5.41) is 46.7. The van der Waals surface area contributed by atoms with Crippen LogP contribution in [0.15, 0.2) is 165 Å². The fourth-order valence-corrected chi connectivity index (χ4v) is 12.1. The number of aromatic nitrogens is 6. The van der Waals surface area contributed by atoms with E-state index in [1.165, 1.54) is 75.8 Å². The summed E-state index contributed by atoms with van der Waals surface area (Å²) >= 11 is 0. The fourth-order valence-electron chi connectivity index (χ4n) is 12.1. The Hall–Kier alpha value is -11.6. The molecule has 0 radical (unpaired) electrons. The summed E-state index contributed by atoms with van der Waals surface area (Å²) in [7, 11) is 0. The maximum absolute atomic E-state index is 13.8. The summed E-state index contributed by atoms with van der Waals surface area (Å²) in [6.07, 6.45) is -19.1. The molecule has 19 nitrogen and oxygen atoms in total. The van der Waals surface area contributed by atoms with E-state index >= 15 is 0 Å². The molecule has 0 fully saturated rings. The molecule has 554 valence electrons. The molecule has 12 rings (SSSR count). The van der Waals surface area contributed by atoms with Crippen LogP contribution in [0.3, 0.4) is 0 Å². The highest BCUT2D eigenvalue weighted by atomic mass is 19.4. The number of anilines is 3. The topological polar surface area (TPSA) is 228 Å². The number of aliphatic hydroxyl groups excluding tert-OH is 2. The van der Waals surface area contributed by atoms with Crippen LogP contribution in [0.25, 0.3) is 11.5 Å². The van der Waals surface area contributed by atoms with E-state index in [0.29, 0.717) is 53.0 Å². The SMILES string of the molecule is C.C=C(O)c1ccc([C@H](C)NC(=O)c2c(C(F)(F)F)nn3c2N(Cc2cccc(F)c2)CC3)cc1.C=C(O)c1ccc([C@H](C)NC(=O)c2c(C(F)(F)F)nn3c2N(Cc2ccccc2)CC3)cc1.C[C@H](NC(=O)c1c(C(F)(F)F)nn2c1N(Cc1cccc(C(F)(F)F)c1)CC2)c1ccc(C(=O)O)cc1. The van der Waals surface area contributed by atoms with E-state index in [2.05, 4.69) is 44.4 Å². The second-order valence-electron chi connectivity index (χ2n) is 24.5. The Balaban J connectivity index is 0.000000182. The van der Waals surface area contributed by atoms with E-state index in [0.717, 1.165) is 22.4 Å². The van der Waals surface area contributed by atoms with Crippen molar-refractivity contribution in [2.24, 2.45) is 0 Å². The predicted octanol–water partition coefficient (Wildman–Crippen LogP) is 15.8. The summed E-state index contributed by atoms with van der Waals surface area (Å²) in [6.45, 7) is 13.4. The smallest absolute Gasteiger partial charge is 0.436 e. The van der Waals surface area contributed by atoms with E-state index in [4.69, 9.17) is 5.11 Å².